The number of alkyl carbamates (subject to hydrolysis) is 1. The molecule has 0 unspecified atom stereocenters. The van der Waals surface area contributed by atoms with Crippen LogP contribution in [0.15, 0.2) is 60.7 Å². The minimum absolute atomic E-state index is 0.0899. The second kappa shape index (κ2) is 7.58. The molecule has 0 spiro atoms. The number of carbonyl (C=O) groups excluding carboxylic acids is 2. The summed E-state index contributed by atoms with van der Waals surface area (Å²) < 4.78 is 4.94. The standard InChI is InChI=1S/C16H15N3O3/c17-15(18-14(20)13-9-5-2-6-10-13)19-16(21)22-11-12-7-3-1-4-8-12/h1-10H,11H2,(H3,17,18,19,20,21). The van der Waals surface area contributed by atoms with E-state index in [1.807, 2.05) is 30.3 Å². The molecule has 0 aliphatic carbocycles. The summed E-state index contributed by atoms with van der Waals surface area (Å²) in [6, 6.07) is 17.6. The van der Waals surface area contributed by atoms with E-state index in [9.17, 15) is 9.59 Å². The molecule has 0 fully saturated rings. The molecular weight excluding hydrogens is 282 g/mol. The van der Waals surface area contributed by atoms with Crippen LogP contribution in [0, 0.1) is 5.41 Å². The molecule has 2 rings (SSSR count). The maximum Gasteiger partial charge on any atom is 0.414 e. The van der Waals surface area contributed by atoms with Crippen molar-refractivity contribution in [2.24, 2.45) is 0 Å². The van der Waals surface area contributed by atoms with Gasteiger partial charge in [-0.05, 0) is 17.7 Å². The second-order valence-electron chi connectivity index (χ2n) is 4.38. The van der Waals surface area contributed by atoms with Gasteiger partial charge in [-0.25, -0.2) is 4.79 Å². The number of guanidine groups is 1. The maximum absolute atomic E-state index is 11.8. The Bertz CT molecular complexity index is 657. The predicted molar refractivity (Wildman–Crippen MR) is 81.4 cm³/mol. The normalized spacial score (nSPS) is 9.64. The monoisotopic (exact) mass is 297 g/mol. The van der Waals surface area contributed by atoms with Crippen LogP contribution < -0.4 is 10.6 Å². The van der Waals surface area contributed by atoms with E-state index in [0.29, 0.717) is 5.56 Å². The van der Waals surface area contributed by atoms with Gasteiger partial charge in [0.1, 0.15) is 6.61 Å². The van der Waals surface area contributed by atoms with E-state index in [2.05, 4.69) is 10.6 Å². The molecule has 3 N–H and O–H groups in total. The Morgan fingerprint density at radius 2 is 1.50 bits per heavy atom. The third-order valence-electron chi connectivity index (χ3n) is 2.71. The molecule has 2 amide bonds. The van der Waals surface area contributed by atoms with Gasteiger partial charge in [-0.2, -0.15) is 0 Å². The first-order valence-electron chi connectivity index (χ1n) is 6.58. The number of ether oxygens (including phenoxy) is 1. The average Bonchev–Trinajstić information content (AvgIpc) is 2.54. The van der Waals surface area contributed by atoms with Crippen molar-refractivity contribution >= 4 is 18.0 Å². The number of benzene rings is 2. The van der Waals surface area contributed by atoms with E-state index >= 15 is 0 Å². The van der Waals surface area contributed by atoms with Gasteiger partial charge >= 0.3 is 6.09 Å². The van der Waals surface area contributed by atoms with Crippen molar-refractivity contribution in [2.75, 3.05) is 0 Å². The molecule has 0 radical (unpaired) electrons. The summed E-state index contributed by atoms with van der Waals surface area (Å²) in [4.78, 5) is 23.3. The van der Waals surface area contributed by atoms with E-state index in [4.69, 9.17) is 10.1 Å². The predicted octanol–water partition coefficient (Wildman–Crippen LogP) is 2.28. The van der Waals surface area contributed by atoms with Crippen molar-refractivity contribution in [3.63, 3.8) is 0 Å². The molecule has 112 valence electrons. The van der Waals surface area contributed by atoms with E-state index in [0.717, 1.165) is 5.56 Å². The van der Waals surface area contributed by atoms with Crippen molar-refractivity contribution < 1.29 is 14.3 Å². The second-order valence-corrected chi connectivity index (χ2v) is 4.38. The highest BCUT2D eigenvalue weighted by molar-refractivity contribution is 6.07. The zero-order valence-corrected chi connectivity index (χ0v) is 11.7. The van der Waals surface area contributed by atoms with Crippen LogP contribution >= 0.6 is 0 Å². The van der Waals surface area contributed by atoms with Gasteiger partial charge in [-0.3, -0.25) is 20.8 Å². The van der Waals surface area contributed by atoms with Crippen molar-refractivity contribution in [1.29, 1.82) is 5.41 Å². The van der Waals surface area contributed by atoms with Gasteiger partial charge in [-0.1, -0.05) is 48.5 Å². The molecule has 0 aliphatic heterocycles. The van der Waals surface area contributed by atoms with Gasteiger partial charge in [0.05, 0.1) is 0 Å². The molecule has 2 aromatic rings. The Labute approximate surface area is 127 Å². The summed E-state index contributed by atoms with van der Waals surface area (Å²) in [7, 11) is 0. The fraction of sp³-hybridized carbons (Fsp3) is 0.0625. The number of nitrogens with one attached hydrogen (secondary N) is 3. The van der Waals surface area contributed by atoms with Gasteiger partial charge in [0.25, 0.3) is 5.91 Å². The summed E-state index contributed by atoms with van der Waals surface area (Å²) >= 11 is 0. The molecule has 6 nitrogen and oxygen atoms in total. The molecule has 0 bridgehead atoms. The van der Waals surface area contributed by atoms with E-state index in [1.54, 1.807) is 30.3 Å². The molecule has 22 heavy (non-hydrogen) atoms. The van der Waals surface area contributed by atoms with Gasteiger partial charge < -0.3 is 4.74 Å². The fourth-order valence-corrected chi connectivity index (χ4v) is 1.67. The zero-order chi connectivity index (χ0) is 15.8. The van der Waals surface area contributed by atoms with Crippen molar-refractivity contribution in [3.05, 3.63) is 71.8 Å². The lowest BCUT2D eigenvalue weighted by Gasteiger charge is -2.09. The van der Waals surface area contributed by atoms with Gasteiger partial charge in [-0.15, -0.1) is 0 Å². The highest BCUT2D eigenvalue weighted by Gasteiger charge is 2.10. The summed E-state index contributed by atoms with van der Waals surface area (Å²) in [6.07, 6.45) is -0.804. The molecule has 0 saturated heterocycles. The zero-order valence-electron chi connectivity index (χ0n) is 11.7. The molecular formula is C16H15N3O3. The van der Waals surface area contributed by atoms with E-state index in [1.165, 1.54) is 0 Å². The average molecular weight is 297 g/mol. The molecule has 0 aliphatic rings. The SMILES string of the molecule is N=C(NC(=O)OCc1ccccc1)NC(=O)c1ccccc1. The smallest absolute Gasteiger partial charge is 0.414 e. The molecule has 0 aromatic heterocycles. The Kier molecular flexibility index (Phi) is 5.25. The van der Waals surface area contributed by atoms with Crippen molar-refractivity contribution in [2.45, 2.75) is 6.61 Å². The molecule has 6 heteroatoms. The van der Waals surface area contributed by atoms with Crippen LogP contribution in [0.3, 0.4) is 0 Å². The Balaban J connectivity index is 1.77. The molecule has 0 heterocycles. The van der Waals surface area contributed by atoms with Gasteiger partial charge in [0.2, 0.25) is 5.96 Å². The van der Waals surface area contributed by atoms with Crippen LogP contribution in [-0.2, 0) is 11.3 Å². The lowest BCUT2D eigenvalue weighted by molar-refractivity contribution is 0.0975. The molecule has 0 atom stereocenters. The maximum atomic E-state index is 11.8. The van der Waals surface area contributed by atoms with Gasteiger partial charge in [0.15, 0.2) is 0 Å². The van der Waals surface area contributed by atoms with Crippen LogP contribution in [-0.4, -0.2) is 18.0 Å². The first kappa shape index (κ1) is 15.2. The minimum Gasteiger partial charge on any atom is -0.444 e. The summed E-state index contributed by atoms with van der Waals surface area (Å²) in [5, 5.41) is 11.9. The Morgan fingerprint density at radius 1 is 0.909 bits per heavy atom. The Hall–Kier alpha value is -3.15. The summed E-state index contributed by atoms with van der Waals surface area (Å²) in [5.74, 6) is -0.916. The number of hydrogen-bond acceptors (Lipinski definition) is 4. The number of carbonyl (C=O) groups is 2. The lowest BCUT2D eigenvalue weighted by atomic mass is 10.2. The third-order valence-corrected chi connectivity index (χ3v) is 2.71. The lowest BCUT2D eigenvalue weighted by Crippen LogP contribution is -2.43. The first-order chi connectivity index (χ1) is 10.6. The first-order valence-corrected chi connectivity index (χ1v) is 6.58. The summed E-state index contributed by atoms with van der Waals surface area (Å²) in [5.41, 5.74) is 1.23. The summed E-state index contributed by atoms with van der Waals surface area (Å²) in [6.45, 7) is 0.0899. The fourth-order valence-electron chi connectivity index (χ4n) is 1.67. The van der Waals surface area contributed by atoms with Crippen molar-refractivity contribution in [1.82, 2.24) is 10.6 Å². The van der Waals surface area contributed by atoms with Crippen LogP contribution in [0.25, 0.3) is 0 Å². The van der Waals surface area contributed by atoms with Crippen LogP contribution in [0.2, 0.25) is 0 Å². The number of amides is 2. The largest absolute Gasteiger partial charge is 0.444 e. The highest BCUT2D eigenvalue weighted by atomic mass is 16.5. The Morgan fingerprint density at radius 3 is 2.14 bits per heavy atom. The molecule has 2 aromatic carbocycles. The van der Waals surface area contributed by atoms with Crippen LogP contribution in [0.1, 0.15) is 15.9 Å². The van der Waals surface area contributed by atoms with Crippen LogP contribution in [0.4, 0.5) is 4.79 Å². The highest BCUT2D eigenvalue weighted by Crippen LogP contribution is 2.00. The molecule has 0 saturated carbocycles. The van der Waals surface area contributed by atoms with E-state index < -0.39 is 18.0 Å². The minimum atomic E-state index is -0.804. The van der Waals surface area contributed by atoms with Crippen molar-refractivity contribution in [3.8, 4) is 0 Å². The van der Waals surface area contributed by atoms with Crippen LogP contribution in [0.5, 0.6) is 0 Å². The quantitative estimate of drug-likeness (QED) is 0.599. The number of hydrogen-bond donors (Lipinski definition) is 3. The number of rotatable bonds is 3. The van der Waals surface area contributed by atoms with E-state index in [-0.39, 0.29) is 6.61 Å². The van der Waals surface area contributed by atoms with Gasteiger partial charge in [0, 0.05) is 5.56 Å². The topological polar surface area (TPSA) is 91.3 Å². The third kappa shape index (κ3) is 4.75.